The van der Waals surface area contributed by atoms with Gasteiger partial charge in [0.1, 0.15) is 12.4 Å². The van der Waals surface area contributed by atoms with E-state index in [0.717, 1.165) is 5.75 Å². The molecular weight excluding hydrogens is 226 g/mol. The number of benzene rings is 1. The second-order valence-corrected chi connectivity index (χ2v) is 4.80. The van der Waals surface area contributed by atoms with E-state index in [-0.39, 0.29) is 6.10 Å². The molecule has 1 atom stereocenters. The molecule has 0 saturated carbocycles. The van der Waals surface area contributed by atoms with Gasteiger partial charge in [-0.3, -0.25) is 0 Å². The van der Waals surface area contributed by atoms with Gasteiger partial charge in [-0.05, 0) is 51.9 Å². The molecule has 0 bridgehead atoms. The maximum Gasteiger partial charge on any atom is 0.122 e. The van der Waals surface area contributed by atoms with Gasteiger partial charge in [0.15, 0.2) is 0 Å². The molecular formula is C15H25NO2. The Kier molecular flexibility index (Phi) is 6.16. The molecule has 1 aromatic carbocycles. The van der Waals surface area contributed by atoms with Crippen LogP contribution >= 0.6 is 0 Å². The van der Waals surface area contributed by atoms with E-state index in [2.05, 4.69) is 31.3 Å². The van der Waals surface area contributed by atoms with Crippen LogP contribution in [0.15, 0.2) is 18.2 Å². The highest BCUT2D eigenvalue weighted by Gasteiger charge is 2.06. The van der Waals surface area contributed by atoms with Crippen LogP contribution in [0.25, 0.3) is 0 Å². The Labute approximate surface area is 110 Å². The molecule has 0 fully saturated rings. The summed E-state index contributed by atoms with van der Waals surface area (Å²) in [6.45, 7) is 9.50. The Hall–Kier alpha value is -1.06. The molecule has 0 radical (unpaired) electrons. The lowest BCUT2D eigenvalue weighted by atomic mass is 10.1. The summed E-state index contributed by atoms with van der Waals surface area (Å²) in [6.07, 6.45) is 0.258. The molecule has 0 aliphatic carbocycles. The van der Waals surface area contributed by atoms with E-state index in [1.54, 1.807) is 0 Å². The fourth-order valence-corrected chi connectivity index (χ4v) is 1.71. The molecule has 1 unspecified atom stereocenters. The number of ether oxygens (including phenoxy) is 2. The fourth-order valence-electron chi connectivity index (χ4n) is 1.71. The van der Waals surface area contributed by atoms with E-state index >= 15 is 0 Å². The van der Waals surface area contributed by atoms with E-state index in [0.29, 0.717) is 19.3 Å². The molecule has 3 heteroatoms. The van der Waals surface area contributed by atoms with Gasteiger partial charge in [-0.25, -0.2) is 0 Å². The molecule has 1 aromatic rings. The van der Waals surface area contributed by atoms with Gasteiger partial charge in [0.2, 0.25) is 0 Å². The Morgan fingerprint density at radius 3 is 2.44 bits per heavy atom. The van der Waals surface area contributed by atoms with Crippen LogP contribution in [-0.4, -0.2) is 26.4 Å². The molecule has 3 nitrogen and oxygen atoms in total. The number of rotatable bonds is 7. The molecule has 1 rings (SSSR count). The summed E-state index contributed by atoms with van der Waals surface area (Å²) in [7, 11) is 1.97. The van der Waals surface area contributed by atoms with Crippen LogP contribution in [0.3, 0.4) is 0 Å². The summed E-state index contributed by atoms with van der Waals surface area (Å²) >= 11 is 0. The first-order valence-electron chi connectivity index (χ1n) is 6.56. The van der Waals surface area contributed by atoms with Crippen LogP contribution < -0.4 is 10.1 Å². The minimum absolute atomic E-state index is 0.258. The lowest BCUT2D eigenvalue weighted by molar-refractivity contribution is 0.0551. The smallest absolute Gasteiger partial charge is 0.122 e. The van der Waals surface area contributed by atoms with Crippen molar-refractivity contribution >= 4 is 0 Å². The van der Waals surface area contributed by atoms with Crippen molar-refractivity contribution < 1.29 is 9.47 Å². The summed E-state index contributed by atoms with van der Waals surface area (Å²) < 4.78 is 11.2. The van der Waals surface area contributed by atoms with Crippen LogP contribution in [0.5, 0.6) is 5.75 Å². The zero-order valence-electron chi connectivity index (χ0n) is 12.1. The standard InChI is InChI=1S/C15H25NO2/c1-11(2)17-8-9-18-15-7-6-14(10-12(15)3)13(4)16-5/h6-7,10-11,13,16H,8-9H2,1-5H3. The van der Waals surface area contributed by atoms with Gasteiger partial charge in [-0.15, -0.1) is 0 Å². The van der Waals surface area contributed by atoms with Crippen LogP contribution in [0, 0.1) is 6.92 Å². The first kappa shape index (κ1) is 15.0. The molecule has 0 saturated heterocycles. The maximum atomic E-state index is 5.71. The normalized spacial score (nSPS) is 12.8. The predicted octanol–water partition coefficient (Wildman–Crippen LogP) is 3.08. The van der Waals surface area contributed by atoms with E-state index in [1.165, 1.54) is 11.1 Å². The molecule has 0 aliphatic heterocycles. The number of aryl methyl sites for hydroxylation is 1. The summed E-state index contributed by atoms with van der Waals surface area (Å²) in [5.41, 5.74) is 2.44. The van der Waals surface area contributed by atoms with Gasteiger partial charge in [0.25, 0.3) is 0 Å². The van der Waals surface area contributed by atoms with Crippen molar-refractivity contribution in [2.75, 3.05) is 20.3 Å². The van der Waals surface area contributed by atoms with Crippen molar-refractivity contribution in [3.05, 3.63) is 29.3 Å². The van der Waals surface area contributed by atoms with E-state index in [4.69, 9.17) is 9.47 Å². The van der Waals surface area contributed by atoms with Gasteiger partial charge in [-0.1, -0.05) is 12.1 Å². The van der Waals surface area contributed by atoms with Crippen LogP contribution in [-0.2, 0) is 4.74 Å². The van der Waals surface area contributed by atoms with Crippen molar-refractivity contribution in [1.82, 2.24) is 5.32 Å². The lowest BCUT2D eigenvalue weighted by Gasteiger charge is -2.15. The lowest BCUT2D eigenvalue weighted by Crippen LogP contribution is -2.13. The number of hydrogen-bond acceptors (Lipinski definition) is 3. The van der Waals surface area contributed by atoms with Crippen LogP contribution in [0.1, 0.15) is 37.9 Å². The molecule has 0 aliphatic rings. The van der Waals surface area contributed by atoms with E-state index in [1.807, 2.05) is 27.0 Å². The Balaban J connectivity index is 2.52. The van der Waals surface area contributed by atoms with Crippen LogP contribution in [0.4, 0.5) is 0 Å². The summed E-state index contributed by atoms with van der Waals surface area (Å²) in [6, 6.07) is 6.67. The quantitative estimate of drug-likeness (QED) is 0.755. The Bertz CT molecular complexity index is 364. The molecule has 18 heavy (non-hydrogen) atoms. The fraction of sp³-hybridized carbons (Fsp3) is 0.600. The minimum atomic E-state index is 0.258. The van der Waals surface area contributed by atoms with Crippen molar-refractivity contribution in [2.45, 2.75) is 39.8 Å². The zero-order valence-corrected chi connectivity index (χ0v) is 12.1. The van der Waals surface area contributed by atoms with Gasteiger partial charge >= 0.3 is 0 Å². The predicted molar refractivity (Wildman–Crippen MR) is 75.2 cm³/mol. The number of hydrogen-bond donors (Lipinski definition) is 1. The zero-order chi connectivity index (χ0) is 13.5. The third-order valence-corrected chi connectivity index (χ3v) is 2.92. The highest BCUT2D eigenvalue weighted by Crippen LogP contribution is 2.22. The van der Waals surface area contributed by atoms with Crippen LogP contribution in [0.2, 0.25) is 0 Å². The van der Waals surface area contributed by atoms with Gasteiger partial charge < -0.3 is 14.8 Å². The molecule has 102 valence electrons. The van der Waals surface area contributed by atoms with E-state index in [9.17, 15) is 0 Å². The minimum Gasteiger partial charge on any atom is -0.491 e. The average Bonchev–Trinajstić information content (AvgIpc) is 2.34. The molecule has 0 spiro atoms. The average molecular weight is 251 g/mol. The third-order valence-electron chi connectivity index (χ3n) is 2.92. The first-order chi connectivity index (χ1) is 8.54. The Morgan fingerprint density at radius 1 is 1.17 bits per heavy atom. The second kappa shape index (κ2) is 7.39. The second-order valence-electron chi connectivity index (χ2n) is 4.80. The highest BCUT2D eigenvalue weighted by atomic mass is 16.5. The maximum absolute atomic E-state index is 5.71. The number of nitrogens with one attached hydrogen (secondary N) is 1. The highest BCUT2D eigenvalue weighted by molar-refractivity contribution is 5.37. The first-order valence-corrected chi connectivity index (χ1v) is 6.56. The van der Waals surface area contributed by atoms with Crippen molar-refractivity contribution in [2.24, 2.45) is 0 Å². The largest absolute Gasteiger partial charge is 0.491 e. The monoisotopic (exact) mass is 251 g/mol. The molecule has 0 heterocycles. The third kappa shape index (κ3) is 4.67. The van der Waals surface area contributed by atoms with Gasteiger partial charge in [-0.2, -0.15) is 0 Å². The van der Waals surface area contributed by atoms with Crippen molar-refractivity contribution in [3.8, 4) is 5.75 Å². The van der Waals surface area contributed by atoms with Gasteiger partial charge in [0, 0.05) is 6.04 Å². The van der Waals surface area contributed by atoms with Crippen molar-refractivity contribution in [3.63, 3.8) is 0 Å². The Morgan fingerprint density at radius 2 is 1.89 bits per heavy atom. The summed E-state index contributed by atoms with van der Waals surface area (Å²) in [5, 5.41) is 3.23. The van der Waals surface area contributed by atoms with E-state index < -0.39 is 0 Å². The SMILES string of the molecule is CNC(C)c1ccc(OCCOC(C)C)c(C)c1. The molecule has 1 N–H and O–H groups in total. The van der Waals surface area contributed by atoms with Gasteiger partial charge in [0.05, 0.1) is 12.7 Å². The molecule has 0 aromatic heterocycles. The molecule has 0 amide bonds. The topological polar surface area (TPSA) is 30.5 Å². The van der Waals surface area contributed by atoms with Crippen molar-refractivity contribution in [1.29, 1.82) is 0 Å². The summed E-state index contributed by atoms with van der Waals surface area (Å²) in [5.74, 6) is 0.939. The summed E-state index contributed by atoms with van der Waals surface area (Å²) in [4.78, 5) is 0.